The predicted molar refractivity (Wildman–Crippen MR) is 161 cm³/mol. The maximum atomic E-state index is 13.4. The van der Waals surface area contributed by atoms with Gasteiger partial charge in [-0.05, 0) is 55.4 Å². The van der Waals surface area contributed by atoms with E-state index in [2.05, 4.69) is 45.7 Å². The molecule has 41 heavy (non-hydrogen) atoms. The largest absolute Gasteiger partial charge is 0.385 e. The molecule has 4 N–H and O–H groups in total. The van der Waals surface area contributed by atoms with Crippen molar-refractivity contribution in [2.24, 2.45) is 5.73 Å². The molecule has 1 amide bonds. The zero-order valence-corrected chi connectivity index (χ0v) is 23.8. The number of hydrogen-bond donors (Lipinski definition) is 3. The van der Waals surface area contributed by atoms with Gasteiger partial charge in [-0.3, -0.25) is 14.6 Å². The Bertz CT molecular complexity index is 1620. The Morgan fingerprint density at radius 2 is 1.93 bits per heavy atom. The second kappa shape index (κ2) is 12.7. The van der Waals surface area contributed by atoms with Crippen molar-refractivity contribution in [1.82, 2.24) is 19.4 Å². The van der Waals surface area contributed by atoms with Gasteiger partial charge in [-0.25, -0.2) is 4.79 Å². The Labute approximate surface area is 239 Å². The van der Waals surface area contributed by atoms with Crippen LogP contribution >= 0.6 is 0 Å². The molecule has 1 aliphatic heterocycles. The van der Waals surface area contributed by atoms with Crippen molar-refractivity contribution < 1.29 is 9.53 Å². The van der Waals surface area contributed by atoms with Crippen LogP contribution < -0.4 is 17.0 Å². The lowest BCUT2D eigenvalue weighted by atomic mass is 9.91. The second-order valence-corrected chi connectivity index (χ2v) is 11.1. The molecule has 216 valence electrons. The number of nitrogens with two attached hydrogens (primary N) is 1. The van der Waals surface area contributed by atoms with Crippen LogP contribution in [0.3, 0.4) is 0 Å². The van der Waals surface area contributed by atoms with E-state index in [-0.39, 0.29) is 24.3 Å². The number of aryl methyl sites for hydroxylation is 2. The number of aromatic nitrogens is 3. The summed E-state index contributed by atoms with van der Waals surface area (Å²) in [6.07, 6.45) is 5.21. The summed E-state index contributed by atoms with van der Waals surface area (Å²) < 4.78 is 7.77. The van der Waals surface area contributed by atoms with Crippen LogP contribution in [0.4, 0.5) is 0 Å². The van der Waals surface area contributed by atoms with Crippen LogP contribution in [0.2, 0.25) is 0 Å². The minimum Gasteiger partial charge on any atom is -0.385 e. The molecular formula is C32H39N5O4. The van der Waals surface area contributed by atoms with Crippen molar-refractivity contribution in [3.05, 3.63) is 92.4 Å². The van der Waals surface area contributed by atoms with Crippen molar-refractivity contribution in [2.75, 3.05) is 26.8 Å². The first-order valence-corrected chi connectivity index (χ1v) is 14.4. The molecule has 2 aromatic carbocycles. The van der Waals surface area contributed by atoms with E-state index in [1.807, 2.05) is 29.2 Å². The van der Waals surface area contributed by atoms with Crippen molar-refractivity contribution in [1.29, 1.82) is 0 Å². The molecule has 4 aromatic rings. The molecule has 9 nitrogen and oxygen atoms in total. The fourth-order valence-corrected chi connectivity index (χ4v) is 6.23. The number of hydrogen-bond acceptors (Lipinski definition) is 5. The molecule has 0 spiro atoms. The van der Waals surface area contributed by atoms with Crippen molar-refractivity contribution in [2.45, 2.75) is 57.5 Å². The number of likely N-dealkylation sites (tertiary alicyclic amines) is 1. The van der Waals surface area contributed by atoms with Crippen molar-refractivity contribution in [3.63, 3.8) is 0 Å². The first kappa shape index (κ1) is 28.6. The van der Waals surface area contributed by atoms with E-state index in [0.29, 0.717) is 30.7 Å². The summed E-state index contributed by atoms with van der Waals surface area (Å²) in [5.41, 5.74) is 11.5. The fourth-order valence-electron chi connectivity index (χ4n) is 6.23. The Balaban J connectivity index is 1.24. The molecule has 0 unspecified atom stereocenters. The summed E-state index contributed by atoms with van der Waals surface area (Å²) in [6.45, 7) is 5.27. The minimum atomic E-state index is -0.536. The number of ether oxygens (including phenoxy) is 1. The number of fused-ring (bicyclic) bond motifs is 1. The molecule has 0 radical (unpaired) electrons. The highest BCUT2D eigenvalue weighted by molar-refractivity contribution is 5.85. The van der Waals surface area contributed by atoms with Crippen molar-refractivity contribution >= 4 is 16.8 Å². The number of para-hydroxylation sites is 1. The number of carbonyl (C=O) groups is 1. The number of aromatic amines is 2. The molecule has 0 aliphatic carbocycles. The van der Waals surface area contributed by atoms with Gasteiger partial charge in [0.1, 0.15) is 0 Å². The number of methoxy groups -OCH3 is 1. The molecular weight excluding hydrogens is 518 g/mol. The Kier molecular flexibility index (Phi) is 8.85. The topological polar surface area (TPSA) is 126 Å². The first-order valence-electron chi connectivity index (χ1n) is 14.4. The average Bonchev–Trinajstić information content (AvgIpc) is 3.25. The predicted octanol–water partition coefficient (Wildman–Crippen LogP) is 3.70. The SMILES string of the molecule is COCCCn1c([C@H]2CCCN(C(=O)C[C@H](N)Cc3ccc(-c4c[nH]c(=O)[nH]c4=O)cc3)C2)c(C)c2ccccc21. The lowest BCUT2D eigenvalue weighted by Gasteiger charge is -2.34. The molecule has 9 heteroatoms. The van der Waals surface area contributed by atoms with Gasteiger partial charge >= 0.3 is 5.69 Å². The summed E-state index contributed by atoms with van der Waals surface area (Å²) in [6, 6.07) is 15.7. The summed E-state index contributed by atoms with van der Waals surface area (Å²) in [7, 11) is 1.74. The highest BCUT2D eigenvalue weighted by Gasteiger charge is 2.29. The monoisotopic (exact) mass is 557 g/mol. The van der Waals surface area contributed by atoms with E-state index in [1.54, 1.807) is 7.11 Å². The Morgan fingerprint density at radius 3 is 2.68 bits per heavy atom. The number of nitrogens with zero attached hydrogens (tertiary/aromatic N) is 2. The van der Waals surface area contributed by atoms with E-state index in [4.69, 9.17) is 10.5 Å². The number of H-pyrrole nitrogens is 2. The van der Waals surface area contributed by atoms with E-state index < -0.39 is 11.2 Å². The molecule has 1 saturated heterocycles. The molecule has 0 saturated carbocycles. The quantitative estimate of drug-likeness (QED) is 0.256. The van der Waals surface area contributed by atoms with Crippen LogP contribution in [0.15, 0.2) is 64.3 Å². The fraction of sp³-hybridized carbons (Fsp3) is 0.406. The average molecular weight is 558 g/mol. The van der Waals surface area contributed by atoms with Gasteiger partial charge in [-0.2, -0.15) is 0 Å². The first-order chi connectivity index (χ1) is 19.9. The summed E-state index contributed by atoms with van der Waals surface area (Å²) in [4.78, 5) is 43.5. The highest BCUT2D eigenvalue weighted by Crippen LogP contribution is 2.36. The van der Waals surface area contributed by atoms with Crippen LogP contribution in [0, 0.1) is 6.92 Å². The summed E-state index contributed by atoms with van der Waals surface area (Å²) in [5, 5.41) is 1.28. The molecule has 1 fully saturated rings. The van der Waals surface area contributed by atoms with Crippen LogP contribution in [0.25, 0.3) is 22.0 Å². The third-order valence-corrected chi connectivity index (χ3v) is 8.18. The summed E-state index contributed by atoms with van der Waals surface area (Å²) >= 11 is 0. The third kappa shape index (κ3) is 6.36. The molecule has 5 rings (SSSR count). The number of rotatable bonds is 10. The molecule has 2 atom stereocenters. The molecule has 0 bridgehead atoms. The van der Waals surface area contributed by atoms with Gasteiger partial charge in [-0.15, -0.1) is 0 Å². The highest BCUT2D eigenvalue weighted by atomic mass is 16.5. The van der Waals surface area contributed by atoms with Crippen LogP contribution in [-0.2, 0) is 22.5 Å². The lowest BCUT2D eigenvalue weighted by Crippen LogP contribution is -2.42. The van der Waals surface area contributed by atoms with Gasteiger partial charge in [0.25, 0.3) is 5.56 Å². The van der Waals surface area contributed by atoms with Gasteiger partial charge in [0.15, 0.2) is 0 Å². The van der Waals surface area contributed by atoms with Gasteiger partial charge < -0.3 is 24.9 Å². The number of carbonyl (C=O) groups excluding carboxylic acids is 1. The number of benzene rings is 2. The van der Waals surface area contributed by atoms with E-state index in [9.17, 15) is 14.4 Å². The van der Waals surface area contributed by atoms with Gasteiger partial charge in [-0.1, -0.05) is 42.5 Å². The lowest BCUT2D eigenvalue weighted by molar-refractivity contribution is -0.132. The van der Waals surface area contributed by atoms with Gasteiger partial charge in [0.05, 0.1) is 5.56 Å². The summed E-state index contributed by atoms with van der Waals surface area (Å²) in [5.74, 6) is 0.376. The van der Waals surface area contributed by atoms with Crippen LogP contribution in [0.5, 0.6) is 0 Å². The van der Waals surface area contributed by atoms with Gasteiger partial charge in [0, 0.05) is 74.5 Å². The normalized spacial score (nSPS) is 16.3. The standard InChI is InChI=1S/C32H39N5O4/c1-21-26-8-3-4-9-28(26)37(15-6-16-41-2)30(21)24-7-5-14-36(20-24)29(38)18-25(33)17-22-10-12-23(13-11-22)27-19-34-32(40)35-31(27)39/h3-4,8-13,19,24-25H,5-7,14-18,20,33H2,1-2H3,(H2,34,35,39,40)/t24-,25+/m0/s1. The minimum absolute atomic E-state index is 0.0956. The third-order valence-electron chi connectivity index (χ3n) is 8.18. The Hall–Kier alpha value is -3.95. The maximum absolute atomic E-state index is 13.4. The second-order valence-electron chi connectivity index (χ2n) is 11.1. The molecule has 2 aromatic heterocycles. The zero-order valence-electron chi connectivity index (χ0n) is 23.8. The molecule has 1 aliphatic rings. The number of nitrogens with one attached hydrogen (secondary N) is 2. The Morgan fingerprint density at radius 1 is 1.15 bits per heavy atom. The van der Waals surface area contributed by atoms with Gasteiger partial charge in [0.2, 0.25) is 5.91 Å². The number of piperidine rings is 1. The van der Waals surface area contributed by atoms with E-state index in [1.165, 1.54) is 28.4 Å². The smallest absolute Gasteiger partial charge is 0.325 e. The van der Waals surface area contributed by atoms with Crippen molar-refractivity contribution in [3.8, 4) is 11.1 Å². The zero-order chi connectivity index (χ0) is 28.9. The van der Waals surface area contributed by atoms with E-state index in [0.717, 1.165) is 37.9 Å². The van der Waals surface area contributed by atoms with E-state index >= 15 is 0 Å². The van der Waals surface area contributed by atoms with Crippen LogP contribution in [0.1, 0.15) is 48.4 Å². The maximum Gasteiger partial charge on any atom is 0.325 e. The number of amides is 1. The van der Waals surface area contributed by atoms with Crippen LogP contribution in [-0.4, -0.2) is 58.2 Å². The molecule has 3 heterocycles.